The fraction of sp³-hybridized carbons (Fsp3) is 0.294. The third-order valence-corrected chi connectivity index (χ3v) is 7.96. The average molecular weight is 741 g/mol. The summed E-state index contributed by atoms with van der Waals surface area (Å²) in [5.74, 6) is -0.365. The van der Waals surface area contributed by atoms with Gasteiger partial charge in [0.15, 0.2) is 5.82 Å². The van der Waals surface area contributed by atoms with Gasteiger partial charge in [-0.25, -0.2) is 28.1 Å². The molecule has 0 saturated heterocycles. The van der Waals surface area contributed by atoms with Crippen molar-refractivity contribution in [3.63, 3.8) is 0 Å². The molecule has 48 heavy (non-hydrogen) atoms. The van der Waals surface area contributed by atoms with Gasteiger partial charge in [0, 0.05) is 28.3 Å². The third-order valence-electron chi connectivity index (χ3n) is 6.56. The Labute approximate surface area is 288 Å². The van der Waals surface area contributed by atoms with Gasteiger partial charge in [-0.3, -0.25) is 4.79 Å². The van der Waals surface area contributed by atoms with E-state index in [9.17, 15) is 22.8 Å². The number of anilines is 2. The lowest BCUT2D eigenvalue weighted by Crippen LogP contribution is -2.44. The molecule has 0 radical (unpaired) electrons. The number of hydrogen-bond donors (Lipinski definition) is 3. The number of aromatic nitrogens is 1. The molecule has 4 rings (SSSR count). The molecule has 4 aromatic rings. The number of fused-ring (bicyclic) bond motifs is 1. The van der Waals surface area contributed by atoms with E-state index in [1.807, 2.05) is 12.1 Å². The van der Waals surface area contributed by atoms with Gasteiger partial charge in [0.2, 0.25) is 15.9 Å². The van der Waals surface area contributed by atoms with Crippen molar-refractivity contribution in [3.8, 4) is 0 Å². The molecule has 1 aromatic heterocycles. The quantitative estimate of drug-likeness (QED) is 0.176. The number of nitrogens with zero attached hydrogens (tertiary/aromatic N) is 2. The van der Waals surface area contributed by atoms with Gasteiger partial charge < -0.3 is 20.1 Å². The molecule has 1 unspecified atom stereocenters. The number of imide groups is 1. The van der Waals surface area contributed by atoms with Crippen LogP contribution in [0.1, 0.15) is 58.7 Å². The van der Waals surface area contributed by atoms with Crippen molar-refractivity contribution < 1.29 is 32.3 Å². The van der Waals surface area contributed by atoms with E-state index in [1.165, 1.54) is 18.3 Å². The maximum absolute atomic E-state index is 13.6. The number of carbonyl (C=O) groups is 3. The lowest BCUT2D eigenvalue weighted by molar-refractivity contribution is -0.122. The monoisotopic (exact) mass is 739 g/mol. The van der Waals surface area contributed by atoms with E-state index in [4.69, 9.17) is 14.6 Å². The van der Waals surface area contributed by atoms with Crippen molar-refractivity contribution in [1.29, 1.82) is 0 Å². The number of benzene rings is 3. The predicted molar refractivity (Wildman–Crippen MR) is 187 cm³/mol. The molecule has 254 valence electrons. The lowest BCUT2D eigenvalue weighted by atomic mass is 10.0. The number of rotatable bonds is 8. The number of ether oxygens (including phenoxy) is 2. The number of sulfonamides is 1. The summed E-state index contributed by atoms with van der Waals surface area (Å²) in [7, 11) is -3.91. The number of nitrogens with two attached hydrogens (primary N) is 1. The number of halogens is 1. The van der Waals surface area contributed by atoms with Crippen molar-refractivity contribution in [3.05, 3.63) is 94.6 Å². The zero-order valence-corrected chi connectivity index (χ0v) is 29.8. The van der Waals surface area contributed by atoms with Crippen LogP contribution in [0.4, 0.5) is 21.1 Å². The Hall–Kier alpha value is -4.53. The molecule has 12 nitrogen and oxygen atoms in total. The van der Waals surface area contributed by atoms with Crippen LogP contribution in [0.5, 0.6) is 0 Å². The van der Waals surface area contributed by atoms with E-state index >= 15 is 0 Å². The standard InChI is InChI=1S/C34H38BrN5O7S/c1-33(2,3)46-31(42)40(32(43)47-34(4,5)6)29-27-14-13-25(19-22(27)15-16-37-29)39-28(23-10-8-11-24(35)18-23)30(41)38-20-21-9-7-12-26(17-21)48(36,44)45/h7-19,28,39H,20H2,1-6H3,(H,38,41)(H2,36,44,45). The molecule has 0 bridgehead atoms. The summed E-state index contributed by atoms with van der Waals surface area (Å²) in [4.78, 5) is 45.3. The highest BCUT2D eigenvalue weighted by molar-refractivity contribution is 9.10. The number of carbonyl (C=O) groups excluding carboxylic acids is 3. The van der Waals surface area contributed by atoms with Gasteiger partial charge in [-0.05, 0) is 107 Å². The summed E-state index contributed by atoms with van der Waals surface area (Å²) in [6, 6.07) is 19.2. The van der Waals surface area contributed by atoms with Crippen molar-refractivity contribution >= 4 is 66.3 Å². The van der Waals surface area contributed by atoms with Gasteiger partial charge in [-0.1, -0.05) is 40.2 Å². The molecule has 0 aliphatic carbocycles. The number of pyridine rings is 1. The number of hydrogen-bond acceptors (Lipinski definition) is 9. The smallest absolute Gasteiger partial charge is 0.425 e. The van der Waals surface area contributed by atoms with E-state index in [-0.39, 0.29) is 23.2 Å². The molecule has 1 atom stereocenters. The van der Waals surface area contributed by atoms with Gasteiger partial charge in [0.25, 0.3) is 0 Å². The Morgan fingerprint density at radius 3 is 2.15 bits per heavy atom. The zero-order valence-electron chi connectivity index (χ0n) is 27.4. The maximum Gasteiger partial charge on any atom is 0.425 e. The molecule has 3 aromatic carbocycles. The SMILES string of the molecule is CC(C)(C)OC(=O)N(C(=O)OC(C)(C)C)c1nccc2cc(NC(C(=O)NCc3cccc(S(N)(=O)=O)c3)c3cccc(Br)c3)ccc12. The molecular weight excluding hydrogens is 702 g/mol. The van der Waals surface area contributed by atoms with E-state index in [2.05, 4.69) is 31.5 Å². The minimum Gasteiger partial charge on any atom is -0.443 e. The molecule has 0 spiro atoms. The van der Waals surface area contributed by atoms with Crippen molar-refractivity contribution in [2.75, 3.05) is 10.2 Å². The van der Waals surface area contributed by atoms with Crippen molar-refractivity contribution in [2.45, 2.75) is 70.2 Å². The summed E-state index contributed by atoms with van der Waals surface area (Å²) in [6.45, 7) is 10.2. The number of amides is 3. The van der Waals surface area contributed by atoms with Crippen LogP contribution in [0, 0.1) is 0 Å². The molecule has 1 heterocycles. The second-order valence-corrected chi connectivity index (χ2v) is 15.4. The average Bonchev–Trinajstić information content (AvgIpc) is 2.96. The molecule has 0 aliphatic rings. The Balaban J connectivity index is 1.68. The first kappa shape index (κ1) is 36.3. The van der Waals surface area contributed by atoms with Crippen molar-refractivity contribution in [2.24, 2.45) is 5.14 Å². The predicted octanol–water partition coefficient (Wildman–Crippen LogP) is 6.79. The summed E-state index contributed by atoms with van der Waals surface area (Å²) in [5, 5.41) is 12.5. The zero-order chi connectivity index (χ0) is 35.4. The molecule has 4 N–H and O–H groups in total. The Kier molecular flexibility index (Phi) is 10.8. The summed E-state index contributed by atoms with van der Waals surface area (Å²) < 4.78 is 35.4. The van der Waals surface area contributed by atoms with Gasteiger partial charge in [-0.15, -0.1) is 0 Å². The lowest BCUT2D eigenvalue weighted by Gasteiger charge is -2.28. The summed E-state index contributed by atoms with van der Waals surface area (Å²) in [5.41, 5.74) is -0.0420. The second kappa shape index (κ2) is 14.3. The summed E-state index contributed by atoms with van der Waals surface area (Å²) in [6.07, 6.45) is -0.433. The highest BCUT2D eigenvalue weighted by Gasteiger charge is 2.34. The Morgan fingerprint density at radius 2 is 1.54 bits per heavy atom. The Morgan fingerprint density at radius 1 is 0.896 bits per heavy atom. The van der Waals surface area contributed by atoms with Gasteiger partial charge >= 0.3 is 12.2 Å². The highest BCUT2D eigenvalue weighted by atomic mass is 79.9. The number of nitrogens with one attached hydrogen (secondary N) is 2. The van der Waals surface area contributed by atoms with E-state index in [0.29, 0.717) is 27.6 Å². The normalized spacial score (nSPS) is 12.6. The van der Waals surface area contributed by atoms with Crippen molar-refractivity contribution in [1.82, 2.24) is 10.3 Å². The van der Waals surface area contributed by atoms with Crippen LogP contribution in [0.3, 0.4) is 0 Å². The van der Waals surface area contributed by atoms with Crippen LogP contribution in [0.2, 0.25) is 0 Å². The van der Waals surface area contributed by atoms with Crippen LogP contribution in [-0.4, -0.2) is 42.7 Å². The first-order valence-corrected chi connectivity index (χ1v) is 17.2. The third kappa shape index (κ3) is 9.75. The van der Waals surface area contributed by atoms with Gasteiger partial charge in [0.05, 0.1) is 4.90 Å². The van der Waals surface area contributed by atoms with E-state index in [1.54, 1.807) is 90.1 Å². The van der Waals surface area contributed by atoms with Crippen LogP contribution >= 0.6 is 15.9 Å². The topological polar surface area (TPSA) is 170 Å². The molecule has 0 aliphatic heterocycles. The van der Waals surface area contributed by atoms with Crippen LogP contribution < -0.4 is 20.7 Å². The first-order chi connectivity index (χ1) is 22.3. The van der Waals surface area contributed by atoms with Crippen LogP contribution in [-0.2, 0) is 30.8 Å². The second-order valence-electron chi connectivity index (χ2n) is 12.9. The molecule has 0 fully saturated rings. The van der Waals surface area contributed by atoms with Crippen LogP contribution in [0.15, 0.2) is 88.4 Å². The number of primary sulfonamides is 1. The minimum atomic E-state index is -3.91. The van der Waals surface area contributed by atoms with E-state index in [0.717, 1.165) is 9.37 Å². The maximum atomic E-state index is 13.6. The Bertz CT molecular complexity index is 1930. The minimum absolute atomic E-state index is 0.0190. The first-order valence-electron chi connectivity index (χ1n) is 14.9. The summed E-state index contributed by atoms with van der Waals surface area (Å²) >= 11 is 3.47. The van der Waals surface area contributed by atoms with Gasteiger partial charge in [0.1, 0.15) is 17.2 Å². The molecule has 3 amide bonds. The van der Waals surface area contributed by atoms with Crippen LogP contribution in [0.25, 0.3) is 10.8 Å². The van der Waals surface area contributed by atoms with E-state index < -0.39 is 39.5 Å². The molecule has 14 heteroatoms. The highest BCUT2D eigenvalue weighted by Crippen LogP contribution is 2.31. The van der Waals surface area contributed by atoms with Gasteiger partial charge in [-0.2, -0.15) is 4.90 Å². The fourth-order valence-electron chi connectivity index (χ4n) is 4.57. The largest absolute Gasteiger partial charge is 0.443 e. The molecule has 0 saturated carbocycles. The fourth-order valence-corrected chi connectivity index (χ4v) is 5.57. The molecular formula is C34H38BrN5O7S.